The molecule has 2 N–H and O–H groups in total. The number of hydrazone groups is 1. The van der Waals surface area contributed by atoms with Crippen LogP contribution in [0, 0.1) is 5.82 Å². The van der Waals surface area contributed by atoms with Crippen molar-refractivity contribution in [1.82, 2.24) is 9.97 Å². The Morgan fingerprint density at radius 2 is 2.21 bits per heavy atom. The average Bonchev–Trinajstić information content (AvgIpc) is 3.31. The van der Waals surface area contributed by atoms with Crippen molar-refractivity contribution in [2.24, 2.45) is 5.10 Å². The smallest absolute Gasteiger partial charge is 0.167 e. The summed E-state index contributed by atoms with van der Waals surface area (Å²) >= 11 is 2.86. The van der Waals surface area contributed by atoms with Crippen LogP contribution in [0.3, 0.4) is 0 Å². The maximum atomic E-state index is 13.6. The Bertz CT molecular complexity index is 1140. The third-order valence-corrected chi connectivity index (χ3v) is 5.86. The Labute approximate surface area is 168 Å². The van der Waals surface area contributed by atoms with Crippen molar-refractivity contribution in [3.05, 3.63) is 52.7 Å². The fraction of sp³-hybridized carbons (Fsp3) is 0.105. The van der Waals surface area contributed by atoms with Crippen LogP contribution in [0.15, 0.2) is 47.1 Å². The third-order valence-electron chi connectivity index (χ3n) is 3.84. The third kappa shape index (κ3) is 3.54. The number of aromatic nitrogens is 2. The molecule has 3 heterocycles. The molecule has 9 heteroatoms. The summed E-state index contributed by atoms with van der Waals surface area (Å²) in [5, 5.41) is 16.9. The lowest BCUT2D eigenvalue weighted by Crippen LogP contribution is -1.94. The van der Waals surface area contributed by atoms with Gasteiger partial charge in [0.2, 0.25) is 0 Å². The molecule has 4 rings (SSSR count). The van der Waals surface area contributed by atoms with E-state index in [2.05, 4.69) is 20.5 Å². The van der Waals surface area contributed by atoms with Gasteiger partial charge in [0, 0.05) is 16.5 Å². The Balaban J connectivity index is 1.75. The fourth-order valence-electron chi connectivity index (χ4n) is 2.64. The average molecular weight is 414 g/mol. The number of nitrogens with one attached hydrogen (secondary N) is 1. The van der Waals surface area contributed by atoms with Crippen LogP contribution in [-0.4, -0.2) is 27.9 Å². The minimum Gasteiger partial charge on any atom is -0.504 e. The molecule has 0 unspecified atom stereocenters. The number of benzene rings is 1. The molecule has 0 saturated heterocycles. The first-order valence-corrected chi connectivity index (χ1v) is 10.1. The van der Waals surface area contributed by atoms with E-state index in [0.717, 1.165) is 4.88 Å². The molecule has 0 amide bonds. The second-order valence-electron chi connectivity index (χ2n) is 5.64. The van der Waals surface area contributed by atoms with Gasteiger partial charge in [-0.15, -0.1) is 22.7 Å². The lowest BCUT2D eigenvalue weighted by molar-refractivity contribution is 0.339. The summed E-state index contributed by atoms with van der Waals surface area (Å²) in [7, 11) is 0. The highest BCUT2D eigenvalue weighted by molar-refractivity contribution is 7.23. The molecule has 6 nitrogen and oxygen atoms in total. The quantitative estimate of drug-likeness (QED) is 0.339. The van der Waals surface area contributed by atoms with Gasteiger partial charge in [0.15, 0.2) is 11.6 Å². The molecule has 0 spiro atoms. The van der Waals surface area contributed by atoms with E-state index in [1.54, 1.807) is 23.6 Å². The van der Waals surface area contributed by atoms with Crippen LogP contribution in [0.4, 0.5) is 10.2 Å². The van der Waals surface area contributed by atoms with Crippen molar-refractivity contribution in [2.75, 3.05) is 12.0 Å². The van der Waals surface area contributed by atoms with Crippen LogP contribution in [0.25, 0.3) is 20.7 Å². The first-order valence-electron chi connectivity index (χ1n) is 8.39. The summed E-state index contributed by atoms with van der Waals surface area (Å²) in [6.07, 6.45) is 3.05. The summed E-state index contributed by atoms with van der Waals surface area (Å²) in [6.45, 7) is 2.20. The van der Waals surface area contributed by atoms with Crippen molar-refractivity contribution in [1.29, 1.82) is 0 Å². The van der Waals surface area contributed by atoms with E-state index in [0.29, 0.717) is 38.8 Å². The van der Waals surface area contributed by atoms with E-state index in [1.165, 1.54) is 29.8 Å². The van der Waals surface area contributed by atoms with Crippen LogP contribution in [0.5, 0.6) is 11.5 Å². The van der Waals surface area contributed by atoms with Crippen molar-refractivity contribution in [3.63, 3.8) is 0 Å². The standard InChI is InChI=1S/C19H15FN4O2S2/c1-2-26-14-8-11(20)5-6-13(14)17-16(25)15-18(28-17)19(22-10-21-15)24-23-9-12-4-3-7-27-12/h3-10,25H,2H2,1H3,(H,21,22,24)/b23-9+. The first kappa shape index (κ1) is 18.3. The van der Waals surface area contributed by atoms with Crippen molar-refractivity contribution < 1.29 is 14.2 Å². The lowest BCUT2D eigenvalue weighted by Gasteiger charge is -2.09. The summed E-state index contributed by atoms with van der Waals surface area (Å²) in [5.41, 5.74) is 3.89. The van der Waals surface area contributed by atoms with E-state index in [1.807, 2.05) is 24.4 Å². The number of nitrogens with zero attached hydrogens (tertiary/aromatic N) is 3. The van der Waals surface area contributed by atoms with Gasteiger partial charge in [-0.25, -0.2) is 14.4 Å². The zero-order valence-electron chi connectivity index (χ0n) is 14.7. The summed E-state index contributed by atoms with van der Waals surface area (Å²) in [4.78, 5) is 9.94. The number of hydrogen-bond acceptors (Lipinski definition) is 8. The van der Waals surface area contributed by atoms with Gasteiger partial charge in [-0.05, 0) is 30.5 Å². The highest BCUT2D eigenvalue weighted by Crippen LogP contribution is 2.47. The highest BCUT2D eigenvalue weighted by Gasteiger charge is 2.20. The molecular formula is C19H15FN4O2S2. The Hall–Kier alpha value is -3.04. The fourth-order valence-corrected chi connectivity index (χ4v) is 4.34. The van der Waals surface area contributed by atoms with Crippen LogP contribution in [-0.2, 0) is 0 Å². The zero-order chi connectivity index (χ0) is 19.5. The van der Waals surface area contributed by atoms with Gasteiger partial charge >= 0.3 is 0 Å². The minimum absolute atomic E-state index is 0.000229. The van der Waals surface area contributed by atoms with E-state index in [4.69, 9.17) is 4.74 Å². The number of ether oxygens (including phenoxy) is 1. The number of fused-ring (bicyclic) bond motifs is 1. The molecule has 0 radical (unpaired) electrons. The molecule has 0 aliphatic rings. The van der Waals surface area contributed by atoms with E-state index in [-0.39, 0.29) is 5.75 Å². The Morgan fingerprint density at radius 3 is 3.00 bits per heavy atom. The highest BCUT2D eigenvalue weighted by atomic mass is 32.1. The molecule has 4 aromatic rings. The number of aromatic hydroxyl groups is 1. The van der Waals surface area contributed by atoms with E-state index in [9.17, 15) is 9.50 Å². The van der Waals surface area contributed by atoms with Gasteiger partial charge in [0.05, 0.1) is 17.7 Å². The normalized spacial score (nSPS) is 11.4. The number of hydrogen-bond donors (Lipinski definition) is 2. The molecule has 142 valence electrons. The Kier molecular flexibility index (Phi) is 5.18. The Morgan fingerprint density at radius 1 is 1.32 bits per heavy atom. The van der Waals surface area contributed by atoms with E-state index >= 15 is 0 Å². The lowest BCUT2D eigenvalue weighted by atomic mass is 10.1. The second kappa shape index (κ2) is 7.91. The second-order valence-corrected chi connectivity index (χ2v) is 7.64. The molecule has 0 aliphatic carbocycles. The van der Waals surface area contributed by atoms with Gasteiger partial charge in [0.25, 0.3) is 0 Å². The molecule has 0 atom stereocenters. The number of halogens is 1. The van der Waals surface area contributed by atoms with Crippen molar-refractivity contribution in [2.45, 2.75) is 6.92 Å². The van der Waals surface area contributed by atoms with Gasteiger partial charge < -0.3 is 9.84 Å². The van der Waals surface area contributed by atoms with E-state index < -0.39 is 5.82 Å². The molecule has 0 saturated carbocycles. The maximum Gasteiger partial charge on any atom is 0.167 e. The predicted molar refractivity (Wildman–Crippen MR) is 111 cm³/mol. The molecule has 1 aromatic carbocycles. The van der Waals surface area contributed by atoms with Crippen LogP contribution >= 0.6 is 22.7 Å². The summed E-state index contributed by atoms with van der Waals surface area (Å²) in [6, 6.07) is 8.11. The van der Waals surface area contributed by atoms with Gasteiger partial charge in [-0.1, -0.05) is 6.07 Å². The largest absolute Gasteiger partial charge is 0.504 e. The van der Waals surface area contributed by atoms with Crippen LogP contribution in [0.1, 0.15) is 11.8 Å². The van der Waals surface area contributed by atoms with Gasteiger partial charge in [-0.2, -0.15) is 5.10 Å². The maximum absolute atomic E-state index is 13.6. The molecular weight excluding hydrogens is 399 g/mol. The summed E-state index contributed by atoms with van der Waals surface area (Å²) < 4.78 is 19.8. The molecule has 0 aliphatic heterocycles. The van der Waals surface area contributed by atoms with Crippen molar-refractivity contribution in [3.8, 4) is 21.9 Å². The SMILES string of the molecule is CCOc1cc(F)ccc1-c1sc2c(N/N=C/c3cccs3)ncnc2c1O. The molecule has 0 bridgehead atoms. The monoisotopic (exact) mass is 414 g/mol. The van der Waals surface area contributed by atoms with Gasteiger partial charge in [-0.3, -0.25) is 5.43 Å². The molecule has 0 fully saturated rings. The minimum atomic E-state index is -0.405. The number of rotatable bonds is 6. The molecule has 28 heavy (non-hydrogen) atoms. The van der Waals surface area contributed by atoms with Gasteiger partial charge in [0.1, 0.15) is 28.1 Å². The topological polar surface area (TPSA) is 79.6 Å². The van der Waals surface area contributed by atoms with Crippen LogP contribution < -0.4 is 10.2 Å². The first-order chi connectivity index (χ1) is 13.7. The predicted octanol–water partition coefficient (Wildman–Crippen LogP) is 5.11. The van der Waals surface area contributed by atoms with Crippen molar-refractivity contribution >= 4 is 44.9 Å². The molecule has 3 aromatic heterocycles. The van der Waals surface area contributed by atoms with Crippen LogP contribution in [0.2, 0.25) is 0 Å². The summed E-state index contributed by atoms with van der Waals surface area (Å²) in [5.74, 6) is 0.435. The number of anilines is 1. The number of thiophene rings is 2. The zero-order valence-corrected chi connectivity index (χ0v) is 16.4.